The SMILES string of the molecule is CO[C@H]1C[C@@H](C(=O)NCc2ccc3c(N)nccc3c2)N(C(=O)[C@@H](CC(C)C)NC2CCCCC2)C1. The van der Waals surface area contributed by atoms with Gasteiger partial charge in [-0.2, -0.15) is 0 Å². The summed E-state index contributed by atoms with van der Waals surface area (Å²) in [4.78, 5) is 33.0. The molecule has 1 aromatic heterocycles. The van der Waals surface area contributed by atoms with Crippen LogP contribution in [0, 0.1) is 5.92 Å². The molecule has 1 saturated heterocycles. The van der Waals surface area contributed by atoms with Gasteiger partial charge in [0.15, 0.2) is 0 Å². The van der Waals surface area contributed by atoms with Crippen molar-refractivity contribution in [2.24, 2.45) is 5.92 Å². The van der Waals surface area contributed by atoms with Crippen molar-refractivity contribution in [1.82, 2.24) is 20.5 Å². The number of carbonyl (C=O) groups excluding carboxylic acids is 2. The molecule has 36 heavy (non-hydrogen) atoms. The second-order valence-electron chi connectivity index (χ2n) is 10.8. The maximum absolute atomic E-state index is 13.8. The molecule has 4 rings (SSSR count). The topological polar surface area (TPSA) is 110 Å². The minimum Gasteiger partial charge on any atom is -0.383 e. The molecule has 2 amide bonds. The van der Waals surface area contributed by atoms with E-state index >= 15 is 0 Å². The van der Waals surface area contributed by atoms with Gasteiger partial charge in [-0.05, 0) is 48.3 Å². The second kappa shape index (κ2) is 12.0. The number of nitrogen functional groups attached to an aromatic ring is 1. The number of nitrogens with one attached hydrogen (secondary N) is 2. The zero-order chi connectivity index (χ0) is 25.7. The van der Waals surface area contributed by atoms with E-state index in [0.717, 1.165) is 35.6 Å². The Labute approximate surface area is 214 Å². The van der Waals surface area contributed by atoms with E-state index in [1.165, 1.54) is 19.3 Å². The molecule has 3 atom stereocenters. The van der Waals surface area contributed by atoms with Gasteiger partial charge in [0, 0.05) is 44.2 Å². The van der Waals surface area contributed by atoms with E-state index in [2.05, 4.69) is 29.5 Å². The average molecular weight is 496 g/mol. The molecular weight excluding hydrogens is 454 g/mol. The third kappa shape index (κ3) is 6.34. The first-order valence-electron chi connectivity index (χ1n) is 13.4. The molecule has 2 heterocycles. The van der Waals surface area contributed by atoms with Crippen LogP contribution in [0.3, 0.4) is 0 Å². The van der Waals surface area contributed by atoms with Gasteiger partial charge in [-0.25, -0.2) is 4.98 Å². The van der Waals surface area contributed by atoms with E-state index in [4.69, 9.17) is 10.5 Å². The Bertz CT molecular complexity index is 1050. The van der Waals surface area contributed by atoms with E-state index in [0.29, 0.717) is 37.3 Å². The van der Waals surface area contributed by atoms with Crippen LogP contribution in [0.5, 0.6) is 0 Å². The Morgan fingerprint density at radius 3 is 2.69 bits per heavy atom. The first-order chi connectivity index (χ1) is 17.4. The molecule has 8 heteroatoms. The summed E-state index contributed by atoms with van der Waals surface area (Å²) in [5, 5.41) is 8.59. The standard InChI is InChI=1S/C28H41N5O3/c1-18(2)13-24(32-21-7-5-4-6-8-21)28(35)33-17-22(36-3)15-25(33)27(34)31-16-19-9-10-23-20(14-19)11-12-30-26(23)29/h9-12,14,18,21-22,24-25,32H,4-8,13,15-17H2,1-3H3,(H2,29,30)(H,31,34)/t22-,24+,25-/m0/s1. The van der Waals surface area contributed by atoms with Gasteiger partial charge in [-0.15, -0.1) is 0 Å². The minimum atomic E-state index is -0.537. The van der Waals surface area contributed by atoms with Gasteiger partial charge in [0.1, 0.15) is 11.9 Å². The largest absolute Gasteiger partial charge is 0.383 e. The van der Waals surface area contributed by atoms with Crippen LogP contribution in [0.1, 0.15) is 64.4 Å². The molecule has 2 aliphatic rings. The normalized spacial score (nSPS) is 21.7. The summed E-state index contributed by atoms with van der Waals surface area (Å²) in [6, 6.07) is 7.35. The number of nitrogens with two attached hydrogens (primary N) is 1. The Morgan fingerprint density at radius 2 is 1.97 bits per heavy atom. The van der Waals surface area contributed by atoms with Crippen molar-refractivity contribution in [2.45, 2.75) is 89.6 Å². The van der Waals surface area contributed by atoms with Gasteiger partial charge in [-0.3, -0.25) is 9.59 Å². The zero-order valence-electron chi connectivity index (χ0n) is 21.8. The Hall–Kier alpha value is -2.71. The highest BCUT2D eigenvalue weighted by molar-refractivity contribution is 5.92. The molecule has 1 aliphatic carbocycles. The number of methoxy groups -OCH3 is 1. The number of carbonyl (C=O) groups is 2. The number of anilines is 1. The van der Waals surface area contributed by atoms with Crippen molar-refractivity contribution in [2.75, 3.05) is 19.4 Å². The highest BCUT2D eigenvalue weighted by atomic mass is 16.5. The third-order valence-corrected chi connectivity index (χ3v) is 7.56. The number of amides is 2. The summed E-state index contributed by atoms with van der Waals surface area (Å²) in [6.45, 7) is 5.10. The molecule has 1 aromatic carbocycles. The van der Waals surface area contributed by atoms with Gasteiger partial charge in [-0.1, -0.05) is 45.2 Å². The molecule has 1 saturated carbocycles. The summed E-state index contributed by atoms with van der Waals surface area (Å²) in [5.74, 6) is 0.743. The number of aromatic nitrogens is 1. The van der Waals surface area contributed by atoms with E-state index < -0.39 is 6.04 Å². The molecule has 0 bridgehead atoms. The number of hydrogen-bond donors (Lipinski definition) is 3. The summed E-state index contributed by atoms with van der Waals surface area (Å²) in [7, 11) is 1.65. The molecule has 8 nitrogen and oxygen atoms in total. The lowest BCUT2D eigenvalue weighted by atomic mass is 9.93. The number of nitrogens with zero attached hydrogens (tertiary/aromatic N) is 2. The summed E-state index contributed by atoms with van der Waals surface area (Å²) in [6.07, 6.45) is 8.71. The molecule has 0 unspecified atom stereocenters. The first kappa shape index (κ1) is 26.4. The van der Waals surface area contributed by atoms with Crippen molar-refractivity contribution >= 4 is 28.4 Å². The Kier molecular flexibility index (Phi) is 8.80. The van der Waals surface area contributed by atoms with Crippen LogP contribution in [0.2, 0.25) is 0 Å². The van der Waals surface area contributed by atoms with Crippen LogP contribution in [-0.4, -0.2) is 59.6 Å². The fourth-order valence-electron chi connectivity index (χ4n) is 5.59. The first-order valence-corrected chi connectivity index (χ1v) is 13.4. The zero-order valence-corrected chi connectivity index (χ0v) is 21.8. The fourth-order valence-corrected chi connectivity index (χ4v) is 5.59. The van der Waals surface area contributed by atoms with Gasteiger partial charge >= 0.3 is 0 Å². The quantitative estimate of drug-likeness (QED) is 0.492. The van der Waals surface area contributed by atoms with Crippen LogP contribution in [0.25, 0.3) is 10.8 Å². The number of ether oxygens (including phenoxy) is 1. The maximum atomic E-state index is 13.8. The van der Waals surface area contributed by atoms with Gasteiger partial charge in [0.25, 0.3) is 0 Å². The van der Waals surface area contributed by atoms with Crippen molar-refractivity contribution in [3.05, 3.63) is 36.0 Å². The number of pyridine rings is 1. The molecular formula is C28H41N5O3. The molecule has 0 spiro atoms. The minimum absolute atomic E-state index is 0.0163. The molecule has 2 aromatic rings. The summed E-state index contributed by atoms with van der Waals surface area (Å²) in [5.41, 5.74) is 6.93. The van der Waals surface area contributed by atoms with E-state index in [1.807, 2.05) is 24.3 Å². The van der Waals surface area contributed by atoms with Crippen LogP contribution in [-0.2, 0) is 20.9 Å². The monoisotopic (exact) mass is 495 g/mol. The molecule has 0 radical (unpaired) electrons. The van der Waals surface area contributed by atoms with Crippen LogP contribution < -0.4 is 16.4 Å². The average Bonchev–Trinajstić information content (AvgIpc) is 3.32. The number of fused-ring (bicyclic) bond motifs is 1. The van der Waals surface area contributed by atoms with E-state index in [1.54, 1.807) is 18.2 Å². The van der Waals surface area contributed by atoms with Crippen LogP contribution >= 0.6 is 0 Å². The van der Waals surface area contributed by atoms with Gasteiger partial charge < -0.3 is 26.0 Å². The van der Waals surface area contributed by atoms with Crippen molar-refractivity contribution in [3.63, 3.8) is 0 Å². The highest BCUT2D eigenvalue weighted by Gasteiger charge is 2.42. The number of hydrogen-bond acceptors (Lipinski definition) is 6. The molecule has 4 N–H and O–H groups in total. The second-order valence-corrected chi connectivity index (χ2v) is 10.8. The smallest absolute Gasteiger partial charge is 0.243 e. The summed E-state index contributed by atoms with van der Waals surface area (Å²) >= 11 is 0. The van der Waals surface area contributed by atoms with Crippen molar-refractivity contribution < 1.29 is 14.3 Å². The van der Waals surface area contributed by atoms with Crippen LogP contribution in [0.15, 0.2) is 30.5 Å². The van der Waals surface area contributed by atoms with E-state index in [9.17, 15) is 9.59 Å². The summed E-state index contributed by atoms with van der Waals surface area (Å²) < 4.78 is 5.59. The number of likely N-dealkylation sites (tertiary alicyclic amines) is 1. The van der Waals surface area contributed by atoms with Gasteiger partial charge in [0.2, 0.25) is 11.8 Å². The maximum Gasteiger partial charge on any atom is 0.243 e. The lowest BCUT2D eigenvalue weighted by Gasteiger charge is -2.33. The lowest BCUT2D eigenvalue weighted by Crippen LogP contribution is -2.54. The number of rotatable bonds is 9. The predicted octanol–water partition coefficient (Wildman–Crippen LogP) is 3.39. The highest BCUT2D eigenvalue weighted by Crippen LogP contribution is 2.25. The molecule has 1 aliphatic heterocycles. The lowest BCUT2D eigenvalue weighted by molar-refractivity contribution is -0.140. The molecule has 196 valence electrons. The van der Waals surface area contributed by atoms with Gasteiger partial charge in [0.05, 0.1) is 12.1 Å². The fraction of sp³-hybridized carbons (Fsp3) is 0.607. The Balaban J connectivity index is 1.44. The Morgan fingerprint density at radius 1 is 1.19 bits per heavy atom. The van der Waals surface area contributed by atoms with E-state index in [-0.39, 0.29) is 24.0 Å². The van der Waals surface area contributed by atoms with Crippen LogP contribution in [0.4, 0.5) is 5.82 Å². The third-order valence-electron chi connectivity index (χ3n) is 7.56. The molecule has 2 fully saturated rings. The predicted molar refractivity (Wildman–Crippen MR) is 142 cm³/mol. The number of benzene rings is 1. The van der Waals surface area contributed by atoms with Crippen molar-refractivity contribution in [3.8, 4) is 0 Å². The van der Waals surface area contributed by atoms with Crippen molar-refractivity contribution in [1.29, 1.82) is 0 Å².